The average Bonchev–Trinajstić information content (AvgIpc) is 3.13. The lowest BCUT2D eigenvalue weighted by Gasteiger charge is -2.29. The molecule has 0 amide bonds. The summed E-state index contributed by atoms with van der Waals surface area (Å²) in [5, 5.41) is 0. The molecule has 2 heteroatoms. The Labute approximate surface area is 106 Å². The van der Waals surface area contributed by atoms with Gasteiger partial charge in [0.15, 0.2) is 0 Å². The Hall–Kier alpha value is -0.500. The highest BCUT2D eigenvalue weighted by molar-refractivity contribution is 9.10. The van der Waals surface area contributed by atoms with E-state index in [4.69, 9.17) is 0 Å². The molecule has 0 unspecified atom stereocenters. The number of piperidine rings is 1. The second-order valence-electron chi connectivity index (χ2n) is 5.06. The van der Waals surface area contributed by atoms with Crippen LogP contribution >= 0.6 is 15.9 Å². The first-order valence-electron chi connectivity index (χ1n) is 6.38. The minimum absolute atomic E-state index is 0.848. The molecule has 86 valence electrons. The number of nitrogens with zero attached hydrogens (tertiary/aromatic N) is 1. The lowest BCUT2D eigenvalue weighted by atomic mass is 10.1. The first kappa shape index (κ1) is 10.6. The van der Waals surface area contributed by atoms with Crippen LogP contribution in [0.1, 0.15) is 43.6 Å². The van der Waals surface area contributed by atoms with Gasteiger partial charge in [0.2, 0.25) is 0 Å². The van der Waals surface area contributed by atoms with Crippen LogP contribution in [0.15, 0.2) is 22.7 Å². The number of hydrogen-bond acceptors (Lipinski definition) is 1. The third-order valence-corrected chi connectivity index (χ3v) is 4.13. The van der Waals surface area contributed by atoms with Gasteiger partial charge in [-0.3, -0.25) is 0 Å². The molecule has 0 radical (unpaired) electrons. The molecule has 3 rings (SSSR count). The highest BCUT2D eigenvalue weighted by atomic mass is 79.9. The van der Waals surface area contributed by atoms with Crippen LogP contribution in [0.2, 0.25) is 0 Å². The Balaban J connectivity index is 1.86. The summed E-state index contributed by atoms with van der Waals surface area (Å²) in [6.07, 6.45) is 6.88. The SMILES string of the molecule is Brc1cc(C2CC2)cc(N2CCCCC2)c1. The molecule has 1 aliphatic heterocycles. The molecule has 1 nitrogen and oxygen atoms in total. The maximum absolute atomic E-state index is 3.65. The van der Waals surface area contributed by atoms with E-state index < -0.39 is 0 Å². The maximum Gasteiger partial charge on any atom is 0.0380 e. The molecule has 0 N–H and O–H groups in total. The molecule has 1 saturated carbocycles. The smallest absolute Gasteiger partial charge is 0.0380 e. The van der Waals surface area contributed by atoms with E-state index in [1.54, 1.807) is 0 Å². The Morgan fingerprint density at radius 2 is 1.75 bits per heavy atom. The van der Waals surface area contributed by atoms with Gasteiger partial charge in [-0.25, -0.2) is 0 Å². The van der Waals surface area contributed by atoms with Gasteiger partial charge < -0.3 is 4.90 Å². The molecule has 0 spiro atoms. The van der Waals surface area contributed by atoms with E-state index in [2.05, 4.69) is 39.0 Å². The third-order valence-electron chi connectivity index (χ3n) is 3.67. The molecule has 1 aromatic carbocycles. The third kappa shape index (κ3) is 2.27. The van der Waals surface area contributed by atoms with Crippen LogP contribution in [-0.2, 0) is 0 Å². The van der Waals surface area contributed by atoms with Crippen molar-refractivity contribution >= 4 is 21.6 Å². The molecule has 1 saturated heterocycles. The number of hydrogen-bond donors (Lipinski definition) is 0. The van der Waals surface area contributed by atoms with Crippen LogP contribution in [0.25, 0.3) is 0 Å². The summed E-state index contributed by atoms with van der Waals surface area (Å²) in [6.45, 7) is 2.47. The molecule has 1 aliphatic carbocycles. The van der Waals surface area contributed by atoms with E-state index in [1.807, 2.05) is 0 Å². The number of anilines is 1. The first-order valence-corrected chi connectivity index (χ1v) is 7.18. The topological polar surface area (TPSA) is 3.24 Å². The van der Waals surface area contributed by atoms with Crippen LogP contribution in [0.3, 0.4) is 0 Å². The van der Waals surface area contributed by atoms with E-state index in [1.165, 1.54) is 60.9 Å². The standard InChI is InChI=1S/C14H18BrN/c15-13-8-12(11-4-5-11)9-14(10-13)16-6-2-1-3-7-16/h8-11H,1-7H2. The van der Waals surface area contributed by atoms with Gasteiger partial charge in [-0.2, -0.15) is 0 Å². The molecule has 0 aromatic heterocycles. The van der Waals surface area contributed by atoms with Gasteiger partial charge in [-0.05, 0) is 61.8 Å². The van der Waals surface area contributed by atoms with Crippen molar-refractivity contribution in [3.8, 4) is 0 Å². The van der Waals surface area contributed by atoms with Crippen molar-refractivity contribution < 1.29 is 0 Å². The van der Waals surface area contributed by atoms with Crippen LogP contribution < -0.4 is 4.90 Å². The van der Waals surface area contributed by atoms with Gasteiger partial charge >= 0.3 is 0 Å². The average molecular weight is 280 g/mol. The normalized spacial score (nSPS) is 21.2. The molecular formula is C14H18BrN. The van der Waals surface area contributed by atoms with E-state index >= 15 is 0 Å². The second kappa shape index (κ2) is 4.40. The van der Waals surface area contributed by atoms with Crippen molar-refractivity contribution in [2.45, 2.75) is 38.0 Å². The molecule has 0 bridgehead atoms. The van der Waals surface area contributed by atoms with Crippen molar-refractivity contribution in [3.63, 3.8) is 0 Å². The Bertz CT molecular complexity index is 378. The summed E-state index contributed by atoms with van der Waals surface area (Å²) >= 11 is 3.65. The van der Waals surface area contributed by atoms with Gasteiger partial charge in [-0.15, -0.1) is 0 Å². The quantitative estimate of drug-likeness (QED) is 0.780. The maximum atomic E-state index is 3.65. The minimum atomic E-state index is 0.848. The van der Waals surface area contributed by atoms with Crippen molar-refractivity contribution in [1.82, 2.24) is 0 Å². The van der Waals surface area contributed by atoms with E-state index in [9.17, 15) is 0 Å². The van der Waals surface area contributed by atoms with Gasteiger partial charge in [0, 0.05) is 23.2 Å². The monoisotopic (exact) mass is 279 g/mol. The highest BCUT2D eigenvalue weighted by Gasteiger charge is 2.24. The van der Waals surface area contributed by atoms with Crippen LogP contribution in [-0.4, -0.2) is 13.1 Å². The summed E-state index contributed by atoms with van der Waals surface area (Å²) in [5.74, 6) is 0.848. The molecular weight excluding hydrogens is 262 g/mol. The summed E-state index contributed by atoms with van der Waals surface area (Å²) < 4.78 is 1.25. The highest BCUT2D eigenvalue weighted by Crippen LogP contribution is 2.42. The van der Waals surface area contributed by atoms with Gasteiger partial charge in [0.05, 0.1) is 0 Å². The minimum Gasteiger partial charge on any atom is -0.371 e. The van der Waals surface area contributed by atoms with Crippen molar-refractivity contribution in [3.05, 3.63) is 28.2 Å². The Morgan fingerprint density at radius 3 is 2.44 bits per heavy atom. The first-order chi connectivity index (χ1) is 7.83. The molecule has 1 heterocycles. The van der Waals surface area contributed by atoms with Gasteiger partial charge in [0.25, 0.3) is 0 Å². The molecule has 1 aromatic rings. The predicted molar refractivity (Wildman–Crippen MR) is 72.2 cm³/mol. The van der Waals surface area contributed by atoms with Crippen molar-refractivity contribution in [1.29, 1.82) is 0 Å². The molecule has 16 heavy (non-hydrogen) atoms. The van der Waals surface area contributed by atoms with E-state index in [-0.39, 0.29) is 0 Å². The molecule has 2 fully saturated rings. The summed E-state index contributed by atoms with van der Waals surface area (Å²) in [5.41, 5.74) is 2.96. The van der Waals surface area contributed by atoms with E-state index in [0.29, 0.717) is 0 Å². The van der Waals surface area contributed by atoms with Crippen LogP contribution in [0, 0.1) is 0 Å². The lowest BCUT2D eigenvalue weighted by molar-refractivity contribution is 0.577. The van der Waals surface area contributed by atoms with Crippen molar-refractivity contribution in [2.75, 3.05) is 18.0 Å². The fraction of sp³-hybridized carbons (Fsp3) is 0.571. The number of rotatable bonds is 2. The van der Waals surface area contributed by atoms with Gasteiger partial charge in [0.1, 0.15) is 0 Å². The molecule has 0 atom stereocenters. The lowest BCUT2D eigenvalue weighted by Crippen LogP contribution is -2.29. The number of halogens is 1. The Kier molecular flexibility index (Phi) is 2.93. The summed E-state index contributed by atoms with van der Waals surface area (Å²) in [4.78, 5) is 2.54. The summed E-state index contributed by atoms with van der Waals surface area (Å²) in [6, 6.07) is 6.98. The largest absolute Gasteiger partial charge is 0.371 e. The predicted octanol–water partition coefficient (Wildman–Crippen LogP) is 4.32. The zero-order valence-electron chi connectivity index (χ0n) is 9.58. The van der Waals surface area contributed by atoms with Crippen molar-refractivity contribution in [2.24, 2.45) is 0 Å². The zero-order valence-corrected chi connectivity index (χ0v) is 11.2. The van der Waals surface area contributed by atoms with Gasteiger partial charge in [-0.1, -0.05) is 15.9 Å². The Morgan fingerprint density at radius 1 is 1.00 bits per heavy atom. The second-order valence-corrected chi connectivity index (χ2v) is 5.98. The van der Waals surface area contributed by atoms with E-state index in [0.717, 1.165) is 5.92 Å². The van der Waals surface area contributed by atoms with Crippen LogP contribution in [0.5, 0.6) is 0 Å². The fourth-order valence-corrected chi connectivity index (χ4v) is 3.08. The summed E-state index contributed by atoms with van der Waals surface area (Å²) in [7, 11) is 0. The molecule has 2 aliphatic rings. The fourth-order valence-electron chi connectivity index (χ4n) is 2.58. The number of benzene rings is 1. The zero-order chi connectivity index (χ0) is 11.0. The van der Waals surface area contributed by atoms with Crippen LogP contribution in [0.4, 0.5) is 5.69 Å².